The zero-order chi connectivity index (χ0) is 14.4. The van der Waals surface area contributed by atoms with Crippen molar-refractivity contribution in [2.45, 2.75) is 25.4 Å². The van der Waals surface area contributed by atoms with Crippen LogP contribution in [0.2, 0.25) is 0 Å². The zero-order valence-electron chi connectivity index (χ0n) is 11.3. The van der Waals surface area contributed by atoms with Gasteiger partial charge in [0.2, 0.25) is 0 Å². The molecule has 20 heavy (non-hydrogen) atoms. The summed E-state index contributed by atoms with van der Waals surface area (Å²) < 4.78 is 0. The number of nitrogens with zero attached hydrogens (tertiary/aromatic N) is 2. The van der Waals surface area contributed by atoms with Gasteiger partial charge in [-0.1, -0.05) is 6.07 Å². The first kappa shape index (κ1) is 14.5. The summed E-state index contributed by atoms with van der Waals surface area (Å²) in [6.07, 6.45) is 3.17. The van der Waals surface area contributed by atoms with Crippen molar-refractivity contribution in [3.63, 3.8) is 0 Å². The molecule has 1 fully saturated rings. The molecule has 6 heteroatoms. The second kappa shape index (κ2) is 7.00. The number of hydrogen-bond acceptors (Lipinski definition) is 4. The van der Waals surface area contributed by atoms with E-state index in [0.717, 1.165) is 12.1 Å². The van der Waals surface area contributed by atoms with Crippen molar-refractivity contribution >= 4 is 11.8 Å². The van der Waals surface area contributed by atoms with Gasteiger partial charge in [0.25, 0.3) is 0 Å². The summed E-state index contributed by atoms with van der Waals surface area (Å²) in [6, 6.07) is 5.58. The van der Waals surface area contributed by atoms with Crippen molar-refractivity contribution in [2.75, 3.05) is 19.6 Å². The van der Waals surface area contributed by atoms with Gasteiger partial charge < -0.3 is 15.3 Å². The lowest BCUT2D eigenvalue weighted by atomic mass is 10.1. The van der Waals surface area contributed by atoms with Crippen molar-refractivity contribution in [1.29, 1.82) is 0 Å². The molecule has 0 aromatic carbocycles. The van der Waals surface area contributed by atoms with E-state index in [4.69, 9.17) is 0 Å². The van der Waals surface area contributed by atoms with Crippen LogP contribution in [0.1, 0.15) is 18.5 Å². The number of nitrogens with one attached hydrogen (secondary N) is 1. The minimum Gasteiger partial charge on any atom is -0.391 e. The first-order chi connectivity index (χ1) is 9.66. The van der Waals surface area contributed by atoms with Gasteiger partial charge in [0.1, 0.15) is 0 Å². The predicted molar refractivity (Wildman–Crippen MR) is 72.8 cm³/mol. The van der Waals surface area contributed by atoms with Gasteiger partial charge in [-0.25, -0.2) is 0 Å². The Hall–Kier alpha value is -1.95. The van der Waals surface area contributed by atoms with Crippen molar-refractivity contribution < 1.29 is 14.7 Å². The highest BCUT2D eigenvalue weighted by atomic mass is 16.3. The van der Waals surface area contributed by atoms with Crippen LogP contribution in [-0.4, -0.2) is 52.5 Å². The van der Waals surface area contributed by atoms with Crippen molar-refractivity contribution in [3.8, 4) is 0 Å². The number of aromatic nitrogens is 1. The average molecular weight is 277 g/mol. The highest BCUT2D eigenvalue weighted by Crippen LogP contribution is 2.09. The topological polar surface area (TPSA) is 82.5 Å². The highest BCUT2D eigenvalue weighted by molar-refractivity contribution is 6.35. The van der Waals surface area contributed by atoms with Crippen molar-refractivity contribution in [3.05, 3.63) is 30.1 Å². The molecule has 1 atom stereocenters. The van der Waals surface area contributed by atoms with Gasteiger partial charge in [-0.15, -0.1) is 0 Å². The number of aliphatic hydroxyl groups is 1. The molecule has 1 aliphatic rings. The second-order valence-corrected chi connectivity index (χ2v) is 4.87. The van der Waals surface area contributed by atoms with Crippen LogP contribution in [0.4, 0.5) is 0 Å². The average Bonchev–Trinajstić information content (AvgIpc) is 2.47. The summed E-state index contributed by atoms with van der Waals surface area (Å²) in [5.74, 6) is -1.18. The van der Waals surface area contributed by atoms with E-state index < -0.39 is 17.9 Å². The van der Waals surface area contributed by atoms with Crippen LogP contribution in [0.3, 0.4) is 0 Å². The van der Waals surface area contributed by atoms with Gasteiger partial charge in [-0.2, -0.15) is 0 Å². The summed E-state index contributed by atoms with van der Waals surface area (Å²) in [6.45, 7) is 1.15. The Balaban J connectivity index is 1.75. The molecule has 0 saturated carbocycles. The fourth-order valence-corrected chi connectivity index (χ4v) is 2.21. The Morgan fingerprint density at radius 2 is 2.30 bits per heavy atom. The Labute approximate surface area is 117 Å². The first-order valence-corrected chi connectivity index (χ1v) is 6.82. The van der Waals surface area contributed by atoms with E-state index in [1.165, 1.54) is 4.90 Å². The van der Waals surface area contributed by atoms with Crippen LogP contribution < -0.4 is 5.32 Å². The Bertz CT molecular complexity index is 464. The Kier molecular flexibility index (Phi) is 5.06. The summed E-state index contributed by atoms with van der Waals surface area (Å²) in [5, 5.41) is 12.1. The van der Waals surface area contributed by atoms with Crippen LogP contribution in [-0.2, 0) is 16.0 Å². The molecule has 108 valence electrons. The number of amides is 2. The molecule has 2 N–H and O–H groups in total. The number of β-amino-alcohol motifs (C(OH)–C–C–N with tert-alkyl or cyclic N) is 1. The van der Waals surface area contributed by atoms with Gasteiger partial charge >= 0.3 is 11.8 Å². The third-order valence-corrected chi connectivity index (χ3v) is 3.27. The van der Waals surface area contributed by atoms with E-state index in [-0.39, 0.29) is 6.54 Å². The molecular weight excluding hydrogens is 258 g/mol. The maximum Gasteiger partial charge on any atom is 0.311 e. The number of pyridine rings is 1. The summed E-state index contributed by atoms with van der Waals surface area (Å²) in [4.78, 5) is 29.2. The fraction of sp³-hybridized carbons (Fsp3) is 0.500. The molecule has 0 radical (unpaired) electrons. The number of carbonyl (C=O) groups excluding carboxylic acids is 2. The van der Waals surface area contributed by atoms with Crippen molar-refractivity contribution in [1.82, 2.24) is 15.2 Å². The zero-order valence-corrected chi connectivity index (χ0v) is 11.3. The van der Waals surface area contributed by atoms with E-state index in [1.54, 1.807) is 6.20 Å². The number of likely N-dealkylation sites (tertiary alicyclic amines) is 1. The number of piperidine rings is 1. The van der Waals surface area contributed by atoms with Crippen LogP contribution in [0, 0.1) is 0 Å². The highest BCUT2D eigenvalue weighted by Gasteiger charge is 2.26. The van der Waals surface area contributed by atoms with Crippen molar-refractivity contribution in [2.24, 2.45) is 0 Å². The fourth-order valence-electron chi connectivity index (χ4n) is 2.21. The molecule has 0 unspecified atom stereocenters. The first-order valence-electron chi connectivity index (χ1n) is 6.82. The number of hydrogen-bond donors (Lipinski definition) is 2. The molecule has 2 rings (SSSR count). The van der Waals surface area contributed by atoms with E-state index >= 15 is 0 Å². The lowest BCUT2D eigenvalue weighted by Crippen LogP contribution is -2.48. The van der Waals surface area contributed by atoms with Gasteiger partial charge in [0.15, 0.2) is 0 Å². The molecule has 2 heterocycles. The summed E-state index contributed by atoms with van der Waals surface area (Å²) in [7, 11) is 0. The van der Waals surface area contributed by atoms with Gasteiger partial charge in [0, 0.05) is 37.9 Å². The number of carbonyl (C=O) groups is 2. The largest absolute Gasteiger partial charge is 0.391 e. The molecule has 0 aliphatic carbocycles. The SMILES string of the molecule is O=C(NCCc1ccccn1)C(=O)N1CCC[C@H](O)C1. The van der Waals surface area contributed by atoms with E-state index in [9.17, 15) is 14.7 Å². The monoisotopic (exact) mass is 277 g/mol. The molecule has 0 bridgehead atoms. The standard InChI is InChI=1S/C14H19N3O3/c18-12-5-3-9-17(10-12)14(20)13(19)16-8-6-11-4-1-2-7-15-11/h1-2,4,7,12,18H,3,5-6,8-10H2,(H,16,19)/t12-/m0/s1. The van der Waals surface area contributed by atoms with Crippen LogP contribution in [0.5, 0.6) is 0 Å². The molecular formula is C14H19N3O3. The normalized spacial score (nSPS) is 18.6. The molecule has 2 amide bonds. The number of aliphatic hydroxyl groups excluding tert-OH is 1. The van der Waals surface area contributed by atoms with E-state index in [1.807, 2.05) is 18.2 Å². The van der Waals surface area contributed by atoms with E-state index in [0.29, 0.717) is 25.9 Å². The lowest BCUT2D eigenvalue weighted by Gasteiger charge is -2.29. The molecule has 1 saturated heterocycles. The molecule has 6 nitrogen and oxygen atoms in total. The second-order valence-electron chi connectivity index (χ2n) is 4.87. The summed E-state index contributed by atoms with van der Waals surface area (Å²) >= 11 is 0. The van der Waals surface area contributed by atoms with E-state index in [2.05, 4.69) is 10.3 Å². The molecule has 1 aromatic rings. The smallest absolute Gasteiger partial charge is 0.311 e. The van der Waals surface area contributed by atoms with Crippen LogP contribution in [0.25, 0.3) is 0 Å². The Morgan fingerprint density at radius 3 is 3.00 bits per heavy atom. The van der Waals surface area contributed by atoms with Crippen LogP contribution in [0.15, 0.2) is 24.4 Å². The molecule has 0 spiro atoms. The lowest BCUT2D eigenvalue weighted by molar-refractivity contribution is -0.147. The minimum absolute atomic E-state index is 0.243. The maximum atomic E-state index is 11.9. The van der Waals surface area contributed by atoms with Gasteiger partial charge in [0.05, 0.1) is 6.10 Å². The van der Waals surface area contributed by atoms with Crippen LogP contribution >= 0.6 is 0 Å². The Morgan fingerprint density at radius 1 is 1.45 bits per heavy atom. The predicted octanol–water partition coefficient (Wildman–Crippen LogP) is -0.276. The summed E-state index contributed by atoms with van der Waals surface area (Å²) in [5.41, 5.74) is 0.869. The minimum atomic E-state index is -0.616. The molecule has 1 aromatic heterocycles. The quantitative estimate of drug-likeness (QED) is 0.745. The van der Waals surface area contributed by atoms with Gasteiger partial charge in [-0.3, -0.25) is 14.6 Å². The molecule has 1 aliphatic heterocycles. The number of rotatable bonds is 3. The van der Waals surface area contributed by atoms with Gasteiger partial charge in [-0.05, 0) is 25.0 Å². The maximum absolute atomic E-state index is 11.9. The third kappa shape index (κ3) is 4.03. The third-order valence-electron chi connectivity index (χ3n) is 3.27.